The minimum Gasteiger partial charge on any atom is -0.500 e. The van der Waals surface area contributed by atoms with E-state index in [1.54, 1.807) is 54.6 Å². The SMILES string of the molecule is [2H]C([2H])([2H])c1c[c-]c(-c2ccc(C(C)(C)C)cn2)cc1.[2H]C([2H])([2H])c1cnc(-c2[c-]ccc3c2oc2c(C([2H])([2H])[2H])cccc23)cc1-c1ccc(C(C)(C)C)cc1C([2H])([2H])[2H].[Ir]. The summed E-state index contributed by atoms with van der Waals surface area (Å²) in [6, 6.07) is 30.0. The van der Waals surface area contributed by atoms with Crippen LogP contribution in [-0.4, -0.2) is 9.97 Å². The van der Waals surface area contributed by atoms with Gasteiger partial charge in [0.2, 0.25) is 0 Å². The largest absolute Gasteiger partial charge is 0.500 e. The fraction of sp³-hybridized carbons (Fsp3) is 0.261. The molecule has 0 aliphatic carbocycles. The molecule has 1 radical (unpaired) electrons. The Morgan fingerprint density at radius 1 is 0.620 bits per heavy atom. The van der Waals surface area contributed by atoms with Crippen molar-refractivity contribution in [3.8, 4) is 33.6 Å². The molecule has 3 heterocycles. The van der Waals surface area contributed by atoms with Gasteiger partial charge in [0.15, 0.2) is 0 Å². The van der Waals surface area contributed by atoms with E-state index in [4.69, 9.17) is 20.9 Å². The van der Waals surface area contributed by atoms with Crippen LogP contribution in [0.15, 0.2) is 102 Å². The fourth-order valence-electron chi connectivity index (χ4n) is 5.60. The first-order valence-corrected chi connectivity index (χ1v) is 16.1. The summed E-state index contributed by atoms with van der Waals surface area (Å²) in [5.41, 5.74) is 5.42. The second-order valence-corrected chi connectivity index (χ2v) is 14.2. The zero-order valence-electron chi connectivity index (χ0n) is 40.9. The molecule has 0 N–H and O–H groups in total. The Balaban J connectivity index is 0.000000291. The van der Waals surface area contributed by atoms with Crippen molar-refractivity contribution in [3.63, 3.8) is 0 Å². The monoisotopic (exact) mass is 847 g/mol. The van der Waals surface area contributed by atoms with Crippen LogP contribution in [0.5, 0.6) is 0 Å². The number of fused-ring (bicyclic) bond motifs is 3. The second kappa shape index (κ2) is 14.5. The Morgan fingerprint density at radius 3 is 2.02 bits per heavy atom. The number of pyridine rings is 2. The molecule has 0 fully saturated rings. The van der Waals surface area contributed by atoms with Gasteiger partial charge in [-0.1, -0.05) is 114 Å². The van der Waals surface area contributed by atoms with Crippen molar-refractivity contribution in [1.82, 2.24) is 9.97 Å². The van der Waals surface area contributed by atoms with E-state index in [-0.39, 0.29) is 64.3 Å². The summed E-state index contributed by atoms with van der Waals surface area (Å²) in [6.07, 6.45) is 3.10. The summed E-state index contributed by atoms with van der Waals surface area (Å²) >= 11 is 0. The van der Waals surface area contributed by atoms with E-state index in [2.05, 4.69) is 42.9 Å². The van der Waals surface area contributed by atoms with Gasteiger partial charge in [-0.25, -0.2) is 0 Å². The molecule has 0 saturated carbocycles. The van der Waals surface area contributed by atoms with Gasteiger partial charge in [0, 0.05) is 54.3 Å². The van der Waals surface area contributed by atoms with Gasteiger partial charge in [-0.05, 0) is 81.7 Å². The Hall–Kier alpha value is -4.37. The number of benzene rings is 4. The molecular formula is C46H46IrN2O-2. The summed E-state index contributed by atoms with van der Waals surface area (Å²) in [6.45, 7) is 2.79. The standard InChI is InChI=1S/C30H28NO.C16H18N.Ir/c1-18-9-7-10-23-24-11-8-12-25(29(24)32-28(18)23)27-16-26(20(3)17-31-27)22-14-13-21(15-19(22)2)30(4,5)6;1-12-5-7-13(8-6-12)15-10-9-14(11-17-15)16(2,3)4;/h7-11,13-17H,1-6H3;5-7,9-11H,1-4H3;/q2*-1;/i1D3,2D3,3D3;1D3;. The Morgan fingerprint density at radius 2 is 1.36 bits per heavy atom. The smallest absolute Gasteiger partial charge is 0.123 e. The van der Waals surface area contributed by atoms with Crippen LogP contribution in [0.4, 0.5) is 0 Å². The van der Waals surface area contributed by atoms with Crippen molar-refractivity contribution in [1.29, 1.82) is 0 Å². The summed E-state index contributed by atoms with van der Waals surface area (Å²) in [4.78, 5) is 8.87. The molecule has 7 aromatic rings. The van der Waals surface area contributed by atoms with Crippen LogP contribution in [0.3, 0.4) is 0 Å². The number of hydrogen-bond acceptors (Lipinski definition) is 3. The van der Waals surface area contributed by atoms with Crippen LogP contribution in [0, 0.1) is 39.5 Å². The van der Waals surface area contributed by atoms with Crippen LogP contribution >= 0.6 is 0 Å². The maximum Gasteiger partial charge on any atom is 0.123 e. The third-order valence-electron chi connectivity index (χ3n) is 8.51. The molecule has 4 aromatic carbocycles. The van der Waals surface area contributed by atoms with Gasteiger partial charge in [-0.2, -0.15) is 0 Å². The van der Waals surface area contributed by atoms with Gasteiger partial charge in [0.25, 0.3) is 0 Å². The van der Waals surface area contributed by atoms with E-state index >= 15 is 0 Å². The number of aromatic nitrogens is 2. The predicted molar refractivity (Wildman–Crippen MR) is 206 cm³/mol. The summed E-state index contributed by atoms with van der Waals surface area (Å²) in [5.74, 6) is 0. The summed E-state index contributed by atoms with van der Waals surface area (Å²) in [5, 5.41) is 1.27. The minimum atomic E-state index is -2.57. The molecule has 0 aliphatic rings. The molecule has 257 valence electrons. The Bertz CT molecular complexity index is 2640. The first-order valence-electron chi connectivity index (χ1n) is 22.1. The van der Waals surface area contributed by atoms with Gasteiger partial charge in [-0.3, -0.25) is 0 Å². The zero-order valence-corrected chi connectivity index (χ0v) is 31.3. The topological polar surface area (TPSA) is 38.9 Å². The average Bonchev–Trinajstić information content (AvgIpc) is 3.55. The Kier molecular flexibility index (Phi) is 6.92. The predicted octanol–water partition coefficient (Wildman–Crippen LogP) is 12.5. The van der Waals surface area contributed by atoms with E-state index in [9.17, 15) is 0 Å². The fourth-order valence-corrected chi connectivity index (χ4v) is 5.60. The van der Waals surface area contributed by atoms with E-state index in [0.29, 0.717) is 33.2 Å². The number of rotatable bonds is 3. The Labute approximate surface area is 328 Å². The number of para-hydroxylation sites is 1. The number of furan rings is 1. The summed E-state index contributed by atoms with van der Waals surface area (Å²) < 4.78 is 101. The normalized spacial score (nSPS) is 16.2. The van der Waals surface area contributed by atoms with Crippen LogP contribution in [0.25, 0.3) is 55.6 Å². The molecule has 0 saturated heterocycles. The quantitative estimate of drug-likeness (QED) is 0.166. The van der Waals surface area contributed by atoms with Crippen molar-refractivity contribution in [2.45, 2.75) is 79.8 Å². The van der Waals surface area contributed by atoms with E-state index in [1.807, 2.05) is 45.2 Å². The minimum absolute atomic E-state index is 0. The van der Waals surface area contributed by atoms with E-state index in [1.165, 1.54) is 23.9 Å². The summed E-state index contributed by atoms with van der Waals surface area (Å²) in [7, 11) is 0. The maximum atomic E-state index is 8.26. The molecule has 50 heavy (non-hydrogen) atoms. The second-order valence-electron chi connectivity index (χ2n) is 14.2. The van der Waals surface area contributed by atoms with Crippen LogP contribution in [0.1, 0.15) is 91.4 Å². The van der Waals surface area contributed by atoms with Crippen molar-refractivity contribution in [2.24, 2.45) is 0 Å². The molecule has 4 heteroatoms. The van der Waals surface area contributed by atoms with Gasteiger partial charge in [0.05, 0.1) is 5.58 Å². The zero-order chi connectivity index (χ0) is 45.1. The number of hydrogen-bond donors (Lipinski definition) is 0. The molecule has 0 spiro atoms. The molecule has 0 aliphatic heterocycles. The first-order chi connectivity index (χ1) is 28.0. The van der Waals surface area contributed by atoms with Crippen molar-refractivity contribution in [3.05, 3.63) is 143 Å². The third-order valence-corrected chi connectivity index (χ3v) is 8.51. The van der Waals surface area contributed by atoms with Gasteiger partial charge in [0.1, 0.15) is 5.58 Å². The molecule has 0 atom stereocenters. The molecule has 0 amide bonds. The van der Waals surface area contributed by atoms with Crippen LogP contribution < -0.4 is 0 Å². The maximum absolute atomic E-state index is 8.26. The van der Waals surface area contributed by atoms with E-state index in [0.717, 1.165) is 16.8 Å². The first kappa shape index (κ1) is 23.9. The van der Waals surface area contributed by atoms with Gasteiger partial charge >= 0.3 is 0 Å². The van der Waals surface area contributed by atoms with Crippen LogP contribution in [-0.2, 0) is 30.9 Å². The van der Waals surface area contributed by atoms with Crippen molar-refractivity contribution < 1.29 is 41.0 Å². The van der Waals surface area contributed by atoms with E-state index < -0.39 is 27.4 Å². The third kappa shape index (κ3) is 7.68. The molecule has 0 unspecified atom stereocenters. The molecule has 3 aromatic heterocycles. The average molecular weight is 847 g/mol. The molecule has 7 rings (SSSR count). The molecule has 0 bridgehead atoms. The number of aryl methyl sites for hydroxylation is 4. The number of nitrogens with zero attached hydrogens (tertiary/aromatic N) is 2. The van der Waals surface area contributed by atoms with Crippen LogP contribution in [0.2, 0.25) is 0 Å². The van der Waals surface area contributed by atoms with Gasteiger partial charge in [-0.15, -0.1) is 53.6 Å². The van der Waals surface area contributed by atoms with Crippen molar-refractivity contribution in [2.75, 3.05) is 0 Å². The molecule has 3 nitrogen and oxygen atoms in total. The van der Waals surface area contributed by atoms with Gasteiger partial charge < -0.3 is 14.4 Å². The van der Waals surface area contributed by atoms with Crippen molar-refractivity contribution >= 4 is 21.9 Å². The molecular weight excluding hydrogens is 789 g/mol.